The summed E-state index contributed by atoms with van der Waals surface area (Å²) in [6, 6.07) is -0.720. The number of unbranched alkanes of at least 4 members (excludes halogenated alkanes) is 32. The van der Waals surface area contributed by atoms with Crippen molar-refractivity contribution in [2.24, 2.45) is 0 Å². The third kappa shape index (κ3) is 31.7. The van der Waals surface area contributed by atoms with E-state index in [1.165, 1.54) is 173 Å². The Balaban J connectivity index is 2.25. The van der Waals surface area contributed by atoms with Gasteiger partial charge in [-0.2, -0.15) is 0 Å². The summed E-state index contributed by atoms with van der Waals surface area (Å²) >= 11 is 0. The van der Waals surface area contributed by atoms with Crippen LogP contribution in [0.15, 0.2) is 12.2 Å². The Hall–Kier alpha value is -1.07. The van der Waals surface area contributed by atoms with Gasteiger partial charge in [0.05, 0.1) is 25.4 Å². The topological polar surface area (TPSA) is 149 Å². The van der Waals surface area contributed by atoms with Crippen molar-refractivity contribution < 1.29 is 39.8 Å². The summed E-state index contributed by atoms with van der Waals surface area (Å²) in [5.41, 5.74) is 0. The van der Waals surface area contributed by atoms with Crippen LogP contribution in [0.3, 0.4) is 0 Å². The molecule has 0 aromatic carbocycles. The first kappa shape index (κ1) is 56.9. The maximum atomic E-state index is 13.0. The van der Waals surface area contributed by atoms with Crippen LogP contribution in [0.25, 0.3) is 0 Å². The molecular weight excluding hydrogens is 755 g/mol. The van der Waals surface area contributed by atoms with Crippen molar-refractivity contribution in [1.29, 1.82) is 0 Å². The zero-order chi connectivity index (χ0) is 43.7. The largest absolute Gasteiger partial charge is 0.394 e. The zero-order valence-electron chi connectivity index (χ0n) is 39.2. The minimum absolute atomic E-state index is 0.138. The number of aliphatic hydroxyl groups excluding tert-OH is 5. The molecule has 60 heavy (non-hydrogen) atoms. The second-order valence-corrected chi connectivity index (χ2v) is 18.3. The summed E-state index contributed by atoms with van der Waals surface area (Å²) in [6.07, 6.45) is 42.2. The fourth-order valence-electron chi connectivity index (χ4n) is 8.45. The van der Waals surface area contributed by atoms with E-state index in [1.807, 2.05) is 0 Å². The SMILES string of the molecule is CCCCCCCC/C=C\CCCCCCCC(=O)NC(COC1OC(CO)C(O)C(O)C1O)C(O)CCCCCCCCCCCCCCCCCCCCCCCC. The highest BCUT2D eigenvalue weighted by Gasteiger charge is 2.44. The summed E-state index contributed by atoms with van der Waals surface area (Å²) in [7, 11) is 0. The van der Waals surface area contributed by atoms with Crippen molar-refractivity contribution in [1.82, 2.24) is 5.32 Å². The molecule has 0 bridgehead atoms. The Kier molecular flexibility index (Phi) is 39.8. The van der Waals surface area contributed by atoms with Crippen molar-refractivity contribution in [2.45, 2.75) is 294 Å². The zero-order valence-corrected chi connectivity index (χ0v) is 39.2. The van der Waals surface area contributed by atoms with Crippen molar-refractivity contribution in [2.75, 3.05) is 13.2 Å². The molecule has 1 amide bonds. The van der Waals surface area contributed by atoms with Gasteiger partial charge in [-0.3, -0.25) is 4.79 Å². The molecule has 9 nitrogen and oxygen atoms in total. The van der Waals surface area contributed by atoms with E-state index in [9.17, 15) is 30.3 Å². The van der Waals surface area contributed by atoms with Crippen LogP contribution in [0.5, 0.6) is 0 Å². The maximum Gasteiger partial charge on any atom is 0.220 e. The first-order chi connectivity index (χ1) is 29.3. The lowest BCUT2D eigenvalue weighted by Gasteiger charge is -2.40. The van der Waals surface area contributed by atoms with Crippen LogP contribution in [-0.4, -0.2) is 87.5 Å². The molecule has 0 radical (unpaired) electrons. The Morgan fingerprint density at radius 1 is 0.550 bits per heavy atom. The van der Waals surface area contributed by atoms with Gasteiger partial charge in [-0.1, -0.05) is 219 Å². The van der Waals surface area contributed by atoms with E-state index in [4.69, 9.17) is 9.47 Å². The predicted octanol–water partition coefficient (Wildman–Crippen LogP) is 11.7. The van der Waals surface area contributed by atoms with E-state index in [1.54, 1.807) is 0 Å². The fourth-order valence-corrected chi connectivity index (χ4v) is 8.45. The highest BCUT2D eigenvalue weighted by atomic mass is 16.7. The molecule has 9 heteroatoms. The van der Waals surface area contributed by atoms with Gasteiger partial charge in [0.15, 0.2) is 6.29 Å². The second-order valence-electron chi connectivity index (χ2n) is 18.3. The van der Waals surface area contributed by atoms with Crippen LogP contribution in [-0.2, 0) is 14.3 Å². The van der Waals surface area contributed by atoms with Crippen LogP contribution >= 0.6 is 0 Å². The Bertz CT molecular complexity index is 950. The highest BCUT2D eigenvalue weighted by molar-refractivity contribution is 5.76. The van der Waals surface area contributed by atoms with Crippen LogP contribution in [0.1, 0.15) is 251 Å². The highest BCUT2D eigenvalue weighted by Crippen LogP contribution is 2.23. The molecule has 0 aromatic rings. The number of allylic oxidation sites excluding steroid dienone is 2. The minimum Gasteiger partial charge on any atom is -0.394 e. The normalized spacial score (nSPS) is 20.6. The van der Waals surface area contributed by atoms with E-state index in [2.05, 4.69) is 31.3 Å². The van der Waals surface area contributed by atoms with Gasteiger partial charge in [0.1, 0.15) is 24.4 Å². The van der Waals surface area contributed by atoms with Crippen molar-refractivity contribution in [3.63, 3.8) is 0 Å². The first-order valence-corrected chi connectivity index (χ1v) is 25.9. The van der Waals surface area contributed by atoms with Gasteiger partial charge in [-0.05, 0) is 38.5 Å². The molecule has 1 heterocycles. The molecule has 1 rings (SSSR count). The first-order valence-electron chi connectivity index (χ1n) is 25.9. The molecule has 0 aliphatic carbocycles. The summed E-state index contributed by atoms with van der Waals surface area (Å²) in [4.78, 5) is 13.0. The number of hydrogen-bond acceptors (Lipinski definition) is 8. The van der Waals surface area contributed by atoms with Crippen LogP contribution in [0, 0.1) is 0 Å². The van der Waals surface area contributed by atoms with E-state index < -0.39 is 49.5 Å². The number of carbonyl (C=O) groups is 1. The van der Waals surface area contributed by atoms with Crippen LogP contribution in [0.2, 0.25) is 0 Å². The summed E-state index contributed by atoms with van der Waals surface area (Å²) in [5.74, 6) is -0.150. The number of hydrogen-bond donors (Lipinski definition) is 6. The summed E-state index contributed by atoms with van der Waals surface area (Å²) in [6.45, 7) is 3.85. The summed E-state index contributed by atoms with van der Waals surface area (Å²) in [5, 5.41) is 54.5. The van der Waals surface area contributed by atoms with Gasteiger partial charge < -0.3 is 40.3 Å². The number of aliphatic hydroxyl groups is 5. The lowest BCUT2D eigenvalue weighted by molar-refractivity contribution is -0.302. The molecule has 1 aliphatic rings. The van der Waals surface area contributed by atoms with E-state index in [0.29, 0.717) is 12.8 Å². The van der Waals surface area contributed by atoms with Gasteiger partial charge in [-0.15, -0.1) is 0 Å². The van der Waals surface area contributed by atoms with Gasteiger partial charge in [0.2, 0.25) is 5.91 Å². The third-order valence-electron chi connectivity index (χ3n) is 12.6. The lowest BCUT2D eigenvalue weighted by atomic mass is 9.99. The Morgan fingerprint density at radius 3 is 1.35 bits per heavy atom. The van der Waals surface area contributed by atoms with E-state index >= 15 is 0 Å². The molecule has 0 spiro atoms. The molecule has 0 aromatic heterocycles. The van der Waals surface area contributed by atoms with E-state index in [0.717, 1.165) is 51.4 Å². The third-order valence-corrected chi connectivity index (χ3v) is 12.6. The lowest BCUT2D eigenvalue weighted by Crippen LogP contribution is -2.60. The molecule has 1 fully saturated rings. The predicted molar refractivity (Wildman–Crippen MR) is 249 cm³/mol. The molecule has 356 valence electrons. The molecule has 7 atom stereocenters. The fraction of sp³-hybridized carbons (Fsp3) is 0.941. The average Bonchev–Trinajstić information content (AvgIpc) is 3.25. The van der Waals surface area contributed by atoms with Gasteiger partial charge in [0, 0.05) is 6.42 Å². The van der Waals surface area contributed by atoms with Crippen molar-refractivity contribution in [3.8, 4) is 0 Å². The average molecular weight is 854 g/mol. The standard InChI is InChI=1S/C51H99NO8/c1-3-5-7-9-11-13-15-17-19-20-21-22-23-24-25-27-28-30-32-34-36-38-40-45(54)44(43-59-51-50(58)49(57)48(56)46(42-53)60-51)52-47(55)41-39-37-35-33-31-29-26-18-16-14-12-10-8-6-4-2/h18,26,44-46,48-51,53-54,56-58H,3-17,19-25,27-43H2,1-2H3,(H,52,55)/b26-18-. The number of ether oxygens (including phenoxy) is 2. The van der Waals surface area contributed by atoms with Gasteiger partial charge >= 0.3 is 0 Å². The maximum absolute atomic E-state index is 13.0. The van der Waals surface area contributed by atoms with Gasteiger partial charge in [0.25, 0.3) is 0 Å². The Labute approximate surface area is 369 Å². The van der Waals surface area contributed by atoms with Crippen molar-refractivity contribution >= 4 is 5.91 Å². The van der Waals surface area contributed by atoms with Crippen molar-refractivity contribution in [3.05, 3.63) is 12.2 Å². The number of amides is 1. The molecule has 6 N–H and O–H groups in total. The molecule has 0 saturated carbocycles. The molecule has 1 aliphatic heterocycles. The number of carbonyl (C=O) groups excluding carboxylic acids is 1. The number of nitrogens with one attached hydrogen (secondary N) is 1. The monoisotopic (exact) mass is 854 g/mol. The molecular formula is C51H99NO8. The minimum atomic E-state index is -1.55. The smallest absolute Gasteiger partial charge is 0.220 e. The Morgan fingerprint density at radius 2 is 0.933 bits per heavy atom. The quantitative estimate of drug-likeness (QED) is 0.0262. The van der Waals surface area contributed by atoms with Gasteiger partial charge in [-0.25, -0.2) is 0 Å². The van der Waals surface area contributed by atoms with Crippen LogP contribution < -0.4 is 5.32 Å². The van der Waals surface area contributed by atoms with Crippen LogP contribution in [0.4, 0.5) is 0 Å². The number of rotatable bonds is 44. The molecule has 1 saturated heterocycles. The second kappa shape index (κ2) is 41.9. The van der Waals surface area contributed by atoms with E-state index in [-0.39, 0.29) is 12.5 Å². The molecule has 7 unspecified atom stereocenters. The summed E-state index contributed by atoms with van der Waals surface area (Å²) < 4.78 is 11.3.